The van der Waals surface area contributed by atoms with Gasteiger partial charge in [-0.15, -0.1) is 5.10 Å². The molecule has 0 saturated heterocycles. The highest BCUT2D eigenvalue weighted by atomic mass is 15.5. The lowest BCUT2D eigenvalue weighted by atomic mass is 9.81. The molecule has 0 bridgehead atoms. The Hall–Kier alpha value is -1.91. The number of anilines is 1. The smallest absolute Gasteiger partial charge is 0.143 e. The summed E-state index contributed by atoms with van der Waals surface area (Å²) in [5, 5.41) is 14.8. The molecule has 1 aliphatic rings. The van der Waals surface area contributed by atoms with Crippen molar-refractivity contribution in [3.05, 3.63) is 30.6 Å². The average molecular weight is 257 g/mol. The highest BCUT2D eigenvalue weighted by molar-refractivity contribution is 5.51. The van der Waals surface area contributed by atoms with E-state index in [0.29, 0.717) is 6.04 Å². The van der Waals surface area contributed by atoms with Gasteiger partial charge in [-0.3, -0.25) is 0 Å². The fraction of sp³-hybridized carbons (Fsp3) is 0.500. The zero-order valence-corrected chi connectivity index (χ0v) is 11.2. The van der Waals surface area contributed by atoms with Crippen molar-refractivity contribution in [2.24, 2.45) is 5.92 Å². The van der Waals surface area contributed by atoms with Crippen LogP contribution in [-0.2, 0) is 0 Å². The molecule has 5 nitrogen and oxygen atoms in total. The number of nitrogens with zero attached hydrogens (tertiary/aromatic N) is 4. The van der Waals surface area contributed by atoms with Crippen LogP contribution in [0, 0.1) is 5.92 Å². The molecule has 5 heteroatoms. The molecule has 1 saturated carbocycles. The Morgan fingerprint density at radius 2 is 2.32 bits per heavy atom. The zero-order chi connectivity index (χ0) is 13.1. The minimum atomic E-state index is 0.509. The fourth-order valence-corrected chi connectivity index (χ4v) is 2.59. The van der Waals surface area contributed by atoms with Crippen molar-refractivity contribution < 1.29 is 0 Å². The standard InChI is InChI=1S/C14H19N5/c1-11(8-12-4-2-5-12)16-13-6-3-7-14(9-13)19-10-15-17-18-19/h3,6-7,9-12,16H,2,4-5,8H2,1H3. The van der Waals surface area contributed by atoms with Gasteiger partial charge < -0.3 is 5.32 Å². The van der Waals surface area contributed by atoms with Gasteiger partial charge >= 0.3 is 0 Å². The SMILES string of the molecule is CC(CC1CCC1)Nc1cccc(-n2cnnn2)c1. The second kappa shape index (κ2) is 5.38. The summed E-state index contributed by atoms with van der Waals surface area (Å²) in [4.78, 5) is 0. The first kappa shape index (κ1) is 12.1. The Bertz CT molecular complexity index is 518. The molecule has 1 heterocycles. The minimum absolute atomic E-state index is 0.509. The summed E-state index contributed by atoms with van der Waals surface area (Å²) in [6.07, 6.45) is 7.07. The van der Waals surface area contributed by atoms with Crippen molar-refractivity contribution in [3.63, 3.8) is 0 Å². The van der Waals surface area contributed by atoms with Crippen LogP contribution < -0.4 is 5.32 Å². The Morgan fingerprint density at radius 3 is 3.00 bits per heavy atom. The third-order valence-electron chi connectivity index (χ3n) is 3.78. The van der Waals surface area contributed by atoms with Crippen LogP contribution >= 0.6 is 0 Å². The van der Waals surface area contributed by atoms with Gasteiger partial charge in [0.1, 0.15) is 6.33 Å². The van der Waals surface area contributed by atoms with E-state index in [0.717, 1.165) is 17.3 Å². The molecule has 1 unspecified atom stereocenters. The molecule has 0 spiro atoms. The molecule has 0 amide bonds. The van der Waals surface area contributed by atoms with Crippen LogP contribution in [0.2, 0.25) is 0 Å². The van der Waals surface area contributed by atoms with Crippen molar-refractivity contribution in [2.45, 2.75) is 38.6 Å². The Labute approximate surface area is 113 Å². The summed E-state index contributed by atoms with van der Waals surface area (Å²) in [5.41, 5.74) is 2.10. The summed E-state index contributed by atoms with van der Waals surface area (Å²) in [5.74, 6) is 0.921. The van der Waals surface area contributed by atoms with Gasteiger partial charge in [-0.25, -0.2) is 4.68 Å². The predicted octanol–water partition coefficient (Wildman–Crippen LogP) is 2.65. The number of aromatic nitrogens is 4. The van der Waals surface area contributed by atoms with E-state index < -0.39 is 0 Å². The number of rotatable bonds is 5. The van der Waals surface area contributed by atoms with Gasteiger partial charge in [0.2, 0.25) is 0 Å². The van der Waals surface area contributed by atoms with E-state index in [9.17, 15) is 0 Å². The van der Waals surface area contributed by atoms with Crippen molar-refractivity contribution in [3.8, 4) is 5.69 Å². The van der Waals surface area contributed by atoms with E-state index in [4.69, 9.17) is 0 Å². The molecule has 2 aromatic rings. The van der Waals surface area contributed by atoms with Gasteiger partial charge in [0, 0.05) is 11.7 Å². The number of nitrogens with one attached hydrogen (secondary N) is 1. The Morgan fingerprint density at radius 1 is 1.42 bits per heavy atom. The third kappa shape index (κ3) is 2.92. The predicted molar refractivity (Wildman–Crippen MR) is 74.2 cm³/mol. The average Bonchev–Trinajstić information content (AvgIpc) is 2.88. The molecule has 1 aromatic heterocycles. The molecule has 1 fully saturated rings. The molecule has 1 atom stereocenters. The van der Waals surface area contributed by atoms with Crippen LogP contribution in [0.3, 0.4) is 0 Å². The van der Waals surface area contributed by atoms with E-state index >= 15 is 0 Å². The van der Waals surface area contributed by atoms with Crippen LogP contribution in [0.4, 0.5) is 5.69 Å². The number of hydrogen-bond acceptors (Lipinski definition) is 4. The topological polar surface area (TPSA) is 55.6 Å². The van der Waals surface area contributed by atoms with Gasteiger partial charge in [0.25, 0.3) is 0 Å². The first-order valence-corrected chi connectivity index (χ1v) is 6.91. The molecular formula is C14H19N5. The lowest BCUT2D eigenvalue weighted by Crippen LogP contribution is -2.23. The van der Waals surface area contributed by atoms with Crippen LogP contribution in [0.1, 0.15) is 32.6 Å². The number of tetrazole rings is 1. The van der Waals surface area contributed by atoms with Crippen LogP contribution in [0.15, 0.2) is 30.6 Å². The molecule has 100 valence electrons. The zero-order valence-electron chi connectivity index (χ0n) is 11.2. The first-order valence-electron chi connectivity index (χ1n) is 6.91. The molecule has 1 aliphatic carbocycles. The first-order chi connectivity index (χ1) is 9.31. The fourth-order valence-electron chi connectivity index (χ4n) is 2.59. The quantitative estimate of drug-likeness (QED) is 0.894. The molecule has 19 heavy (non-hydrogen) atoms. The second-order valence-corrected chi connectivity index (χ2v) is 5.38. The van der Waals surface area contributed by atoms with Gasteiger partial charge in [0.05, 0.1) is 5.69 Å². The monoisotopic (exact) mass is 257 g/mol. The van der Waals surface area contributed by atoms with E-state index in [1.165, 1.54) is 25.7 Å². The third-order valence-corrected chi connectivity index (χ3v) is 3.78. The Balaban J connectivity index is 1.65. The maximum atomic E-state index is 3.91. The summed E-state index contributed by atoms with van der Waals surface area (Å²) in [7, 11) is 0. The second-order valence-electron chi connectivity index (χ2n) is 5.38. The van der Waals surface area contributed by atoms with Crippen molar-refractivity contribution in [1.82, 2.24) is 20.2 Å². The summed E-state index contributed by atoms with van der Waals surface area (Å²) >= 11 is 0. The van der Waals surface area contributed by atoms with Gasteiger partial charge in [-0.05, 0) is 47.9 Å². The highest BCUT2D eigenvalue weighted by Crippen LogP contribution is 2.31. The van der Waals surface area contributed by atoms with Crippen LogP contribution in [-0.4, -0.2) is 26.2 Å². The van der Waals surface area contributed by atoms with E-state index in [2.05, 4.69) is 39.9 Å². The molecule has 0 radical (unpaired) electrons. The van der Waals surface area contributed by atoms with Gasteiger partial charge in [-0.2, -0.15) is 0 Å². The molecule has 1 aromatic carbocycles. The van der Waals surface area contributed by atoms with Crippen LogP contribution in [0.25, 0.3) is 5.69 Å². The summed E-state index contributed by atoms with van der Waals surface area (Å²) in [6, 6.07) is 8.70. The highest BCUT2D eigenvalue weighted by Gasteiger charge is 2.19. The lowest BCUT2D eigenvalue weighted by Gasteiger charge is -2.29. The largest absolute Gasteiger partial charge is 0.383 e. The van der Waals surface area contributed by atoms with Gasteiger partial charge in [0.15, 0.2) is 0 Å². The maximum Gasteiger partial charge on any atom is 0.143 e. The number of benzene rings is 1. The minimum Gasteiger partial charge on any atom is -0.383 e. The Kier molecular flexibility index (Phi) is 3.44. The normalized spacial score (nSPS) is 16.9. The van der Waals surface area contributed by atoms with Gasteiger partial charge in [-0.1, -0.05) is 25.3 Å². The van der Waals surface area contributed by atoms with E-state index in [1.807, 2.05) is 12.1 Å². The van der Waals surface area contributed by atoms with Crippen molar-refractivity contribution >= 4 is 5.69 Å². The van der Waals surface area contributed by atoms with Crippen LogP contribution in [0.5, 0.6) is 0 Å². The summed E-state index contributed by atoms with van der Waals surface area (Å²) in [6.45, 7) is 2.25. The maximum absolute atomic E-state index is 3.91. The molecule has 3 rings (SSSR count). The van der Waals surface area contributed by atoms with E-state index in [1.54, 1.807) is 11.0 Å². The van der Waals surface area contributed by atoms with Crippen molar-refractivity contribution in [1.29, 1.82) is 0 Å². The molecule has 0 aliphatic heterocycles. The summed E-state index contributed by atoms with van der Waals surface area (Å²) < 4.78 is 1.67. The van der Waals surface area contributed by atoms with E-state index in [-0.39, 0.29) is 0 Å². The van der Waals surface area contributed by atoms with Crippen molar-refractivity contribution in [2.75, 3.05) is 5.32 Å². The molecular weight excluding hydrogens is 238 g/mol. The number of hydrogen-bond donors (Lipinski definition) is 1. The molecule has 1 N–H and O–H groups in total. The lowest BCUT2D eigenvalue weighted by molar-refractivity contribution is 0.286.